The van der Waals surface area contributed by atoms with E-state index in [4.69, 9.17) is 4.74 Å². The molecule has 1 aromatic heterocycles. The van der Waals surface area contributed by atoms with Crippen LogP contribution in [-0.2, 0) is 0 Å². The lowest BCUT2D eigenvalue weighted by molar-refractivity contribution is 0.222. The summed E-state index contributed by atoms with van der Waals surface area (Å²) in [5, 5.41) is 3.25. The lowest BCUT2D eigenvalue weighted by Gasteiger charge is -2.11. The number of ether oxygens (including phenoxy) is 1. The van der Waals surface area contributed by atoms with Crippen LogP contribution in [0.5, 0.6) is 5.75 Å². The van der Waals surface area contributed by atoms with Crippen molar-refractivity contribution in [3.05, 3.63) is 22.9 Å². The Morgan fingerprint density at radius 1 is 1.54 bits per heavy atom. The molecule has 0 saturated carbocycles. The van der Waals surface area contributed by atoms with E-state index in [1.165, 1.54) is 0 Å². The Morgan fingerprint density at radius 2 is 2.46 bits per heavy atom. The van der Waals surface area contributed by atoms with Crippen LogP contribution in [0.4, 0.5) is 0 Å². The van der Waals surface area contributed by atoms with Gasteiger partial charge in [-0.3, -0.25) is 4.98 Å². The molecule has 0 unspecified atom stereocenters. The first-order valence-electron chi connectivity index (χ1n) is 4.32. The Balaban J connectivity index is 2.00. The van der Waals surface area contributed by atoms with Gasteiger partial charge in [0.05, 0.1) is 6.20 Å². The van der Waals surface area contributed by atoms with Crippen LogP contribution in [-0.4, -0.2) is 24.2 Å². The zero-order valence-corrected chi connectivity index (χ0v) is 8.75. The molecule has 2 heterocycles. The Kier molecular flexibility index (Phi) is 2.80. The minimum absolute atomic E-state index is 0.302. The molecule has 1 aromatic rings. The van der Waals surface area contributed by atoms with Crippen LogP contribution >= 0.6 is 15.9 Å². The summed E-state index contributed by atoms with van der Waals surface area (Å²) >= 11 is 3.35. The third-order valence-electron chi connectivity index (χ3n) is 2.00. The molecular formula is C9H11BrN2O. The number of nitrogens with one attached hydrogen (secondary N) is 1. The lowest BCUT2D eigenvalue weighted by atomic mass is 10.3. The van der Waals surface area contributed by atoms with Gasteiger partial charge in [-0.15, -0.1) is 0 Å². The summed E-state index contributed by atoms with van der Waals surface area (Å²) in [6.45, 7) is 1.98. The molecule has 2 rings (SSSR count). The molecule has 1 fully saturated rings. The van der Waals surface area contributed by atoms with Gasteiger partial charge in [-0.25, -0.2) is 0 Å². The molecule has 70 valence electrons. The van der Waals surface area contributed by atoms with Gasteiger partial charge < -0.3 is 10.1 Å². The van der Waals surface area contributed by atoms with E-state index in [-0.39, 0.29) is 0 Å². The number of halogens is 1. The number of nitrogens with zero attached hydrogens (tertiary/aromatic N) is 1. The van der Waals surface area contributed by atoms with E-state index in [0.717, 1.165) is 29.7 Å². The predicted octanol–water partition coefficient (Wildman–Crippen LogP) is 1.58. The molecular weight excluding hydrogens is 232 g/mol. The van der Waals surface area contributed by atoms with Gasteiger partial charge in [-0.05, 0) is 35.0 Å². The van der Waals surface area contributed by atoms with Gasteiger partial charge in [0, 0.05) is 17.2 Å². The molecule has 0 amide bonds. The second-order valence-electron chi connectivity index (χ2n) is 3.07. The molecule has 0 aromatic carbocycles. The summed E-state index contributed by atoms with van der Waals surface area (Å²) < 4.78 is 6.66. The molecule has 1 aliphatic rings. The highest BCUT2D eigenvalue weighted by Gasteiger charge is 2.15. The Bertz CT molecular complexity index is 287. The van der Waals surface area contributed by atoms with E-state index in [2.05, 4.69) is 26.2 Å². The van der Waals surface area contributed by atoms with E-state index < -0.39 is 0 Å². The Morgan fingerprint density at radius 3 is 3.15 bits per heavy atom. The fraction of sp³-hybridized carbons (Fsp3) is 0.444. The maximum absolute atomic E-state index is 5.70. The van der Waals surface area contributed by atoms with Crippen LogP contribution < -0.4 is 10.1 Å². The summed E-state index contributed by atoms with van der Waals surface area (Å²) in [5.74, 6) is 0.836. The van der Waals surface area contributed by atoms with Crippen LogP contribution in [0.2, 0.25) is 0 Å². The number of pyridine rings is 1. The average molecular weight is 243 g/mol. The first kappa shape index (κ1) is 8.97. The first-order chi connectivity index (χ1) is 6.34. The highest BCUT2D eigenvalue weighted by atomic mass is 79.9. The van der Waals surface area contributed by atoms with E-state index in [1.807, 2.05) is 6.07 Å². The maximum atomic E-state index is 5.70. The smallest absolute Gasteiger partial charge is 0.139 e. The highest BCUT2D eigenvalue weighted by Crippen LogP contribution is 2.18. The van der Waals surface area contributed by atoms with Crippen molar-refractivity contribution in [2.45, 2.75) is 12.5 Å². The van der Waals surface area contributed by atoms with Crippen molar-refractivity contribution in [2.24, 2.45) is 0 Å². The van der Waals surface area contributed by atoms with Crippen molar-refractivity contribution in [3.8, 4) is 5.75 Å². The zero-order chi connectivity index (χ0) is 9.10. The maximum Gasteiger partial charge on any atom is 0.139 e. The third kappa shape index (κ3) is 2.42. The van der Waals surface area contributed by atoms with E-state index in [9.17, 15) is 0 Å². The summed E-state index contributed by atoms with van der Waals surface area (Å²) in [7, 11) is 0. The van der Waals surface area contributed by atoms with E-state index in [1.54, 1.807) is 12.4 Å². The van der Waals surface area contributed by atoms with Gasteiger partial charge in [0.15, 0.2) is 0 Å². The van der Waals surface area contributed by atoms with Gasteiger partial charge in [0.25, 0.3) is 0 Å². The second-order valence-corrected chi connectivity index (χ2v) is 3.99. The van der Waals surface area contributed by atoms with Crippen molar-refractivity contribution in [1.82, 2.24) is 10.3 Å². The molecule has 1 saturated heterocycles. The fourth-order valence-corrected chi connectivity index (χ4v) is 1.72. The molecule has 1 N–H and O–H groups in total. The van der Waals surface area contributed by atoms with Crippen molar-refractivity contribution < 1.29 is 4.74 Å². The van der Waals surface area contributed by atoms with Crippen molar-refractivity contribution >= 4 is 15.9 Å². The minimum Gasteiger partial charge on any atom is -0.487 e. The summed E-state index contributed by atoms with van der Waals surface area (Å²) in [6, 6.07) is 1.94. The minimum atomic E-state index is 0.302. The topological polar surface area (TPSA) is 34.1 Å². The first-order valence-corrected chi connectivity index (χ1v) is 5.12. The Labute approximate surface area is 85.6 Å². The molecule has 0 bridgehead atoms. The van der Waals surface area contributed by atoms with Crippen molar-refractivity contribution in [1.29, 1.82) is 0 Å². The van der Waals surface area contributed by atoms with E-state index >= 15 is 0 Å². The largest absolute Gasteiger partial charge is 0.487 e. The summed E-state index contributed by atoms with van der Waals surface area (Å²) in [4.78, 5) is 4.03. The van der Waals surface area contributed by atoms with Crippen LogP contribution in [0, 0.1) is 0 Å². The average Bonchev–Trinajstić information content (AvgIpc) is 2.57. The van der Waals surface area contributed by atoms with Gasteiger partial charge in [-0.2, -0.15) is 0 Å². The van der Waals surface area contributed by atoms with Gasteiger partial charge >= 0.3 is 0 Å². The van der Waals surface area contributed by atoms with Crippen molar-refractivity contribution in [3.63, 3.8) is 0 Å². The molecule has 4 heteroatoms. The quantitative estimate of drug-likeness (QED) is 0.856. The van der Waals surface area contributed by atoms with E-state index in [0.29, 0.717) is 6.10 Å². The summed E-state index contributed by atoms with van der Waals surface area (Å²) in [5.41, 5.74) is 0. The normalized spacial score (nSPS) is 21.8. The van der Waals surface area contributed by atoms with Gasteiger partial charge in [-0.1, -0.05) is 0 Å². The SMILES string of the molecule is Brc1cncc(O[C@@H]2CCNC2)c1. The van der Waals surface area contributed by atoms with Crippen LogP contribution in [0.15, 0.2) is 22.9 Å². The van der Waals surface area contributed by atoms with Crippen LogP contribution in [0.25, 0.3) is 0 Å². The highest BCUT2D eigenvalue weighted by molar-refractivity contribution is 9.10. The Hall–Kier alpha value is -0.610. The number of aromatic nitrogens is 1. The molecule has 13 heavy (non-hydrogen) atoms. The lowest BCUT2D eigenvalue weighted by Crippen LogP contribution is -2.19. The van der Waals surface area contributed by atoms with Crippen LogP contribution in [0.3, 0.4) is 0 Å². The molecule has 0 spiro atoms. The molecule has 1 atom stereocenters. The van der Waals surface area contributed by atoms with Crippen LogP contribution in [0.1, 0.15) is 6.42 Å². The third-order valence-corrected chi connectivity index (χ3v) is 2.43. The fourth-order valence-electron chi connectivity index (χ4n) is 1.38. The summed E-state index contributed by atoms with van der Waals surface area (Å²) in [6.07, 6.45) is 4.87. The standard InChI is InChI=1S/C9H11BrN2O/c10-7-3-9(6-12-4-7)13-8-1-2-11-5-8/h3-4,6,8,11H,1-2,5H2/t8-/m1/s1. The predicted molar refractivity (Wildman–Crippen MR) is 53.8 cm³/mol. The molecule has 0 aliphatic carbocycles. The number of hydrogen-bond acceptors (Lipinski definition) is 3. The second kappa shape index (κ2) is 4.07. The molecule has 3 nitrogen and oxygen atoms in total. The number of hydrogen-bond donors (Lipinski definition) is 1. The monoisotopic (exact) mass is 242 g/mol. The molecule has 0 radical (unpaired) electrons. The van der Waals surface area contributed by atoms with Gasteiger partial charge in [0.1, 0.15) is 11.9 Å². The van der Waals surface area contributed by atoms with Crippen molar-refractivity contribution in [2.75, 3.05) is 13.1 Å². The zero-order valence-electron chi connectivity index (χ0n) is 7.16. The van der Waals surface area contributed by atoms with Gasteiger partial charge in [0.2, 0.25) is 0 Å². The molecule has 1 aliphatic heterocycles. The number of rotatable bonds is 2.